The fourth-order valence-corrected chi connectivity index (χ4v) is 1.60. The third kappa shape index (κ3) is 8.02. The zero-order valence-electron chi connectivity index (χ0n) is 12.7. The van der Waals surface area contributed by atoms with Crippen LogP contribution < -0.4 is 0 Å². The number of ether oxygens (including phenoxy) is 1. The number of carbonyl (C=O) groups is 6. The van der Waals surface area contributed by atoms with Crippen molar-refractivity contribution >= 4 is 35.8 Å². The van der Waals surface area contributed by atoms with Crippen LogP contribution in [0.15, 0.2) is 0 Å². The Bertz CT molecular complexity index is 562. The van der Waals surface area contributed by atoms with Gasteiger partial charge >= 0.3 is 35.8 Å². The summed E-state index contributed by atoms with van der Waals surface area (Å²) in [6, 6.07) is 0. The summed E-state index contributed by atoms with van der Waals surface area (Å²) in [6.45, 7) is 0. The van der Waals surface area contributed by atoms with Gasteiger partial charge in [-0.3, -0.25) is 19.2 Å². The van der Waals surface area contributed by atoms with Gasteiger partial charge in [0.2, 0.25) is 0 Å². The molecule has 2 unspecified atom stereocenters. The van der Waals surface area contributed by atoms with Gasteiger partial charge in [0.05, 0.1) is 25.7 Å². The number of esters is 2. The molecule has 0 amide bonds. The van der Waals surface area contributed by atoms with Crippen molar-refractivity contribution in [2.75, 3.05) is 0 Å². The van der Waals surface area contributed by atoms with Crippen LogP contribution in [-0.2, 0) is 50.6 Å². The van der Waals surface area contributed by atoms with E-state index in [1.54, 1.807) is 0 Å². The molecule has 0 spiro atoms. The summed E-state index contributed by atoms with van der Waals surface area (Å²) < 4.78 is 3.99. The van der Waals surface area contributed by atoms with Crippen molar-refractivity contribution in [3.8, 4) is 0 Å². The van der Waals surface area contributed by atoms with Crippen LogP contribution in [-0.4, -0.2) is 77.7 Å². The van der Waals surface area contributed by atoms with Gasteiger partial charge in [-0.2, -0.15) is 0 Å². The second kappa shape index (κ2) is 9.82. The molecule has 0 aliphatic carbocycles. The molecule has 0 rings (SSSR count). The number of rotatable bonds is 10. The number of carboxylic acid groups (broad SMARTS) is 4. The van der Waals surface area contributed by atoms with Gasteiger partial charge in [0, 0.05) is 17.1 Å². The Morgan fingerprint density at radius 3 is 1.08 bits per heavy atom. The van der Waals surface area contributed by atoms with Gasteiger partial charge in [-0.15, -0.1) is 0 Å². The third-order valence-corrected chi connectivity index (χ3v) is 2.78. The molecule has 14 heteroatoms. The van der Waals surface area contributed by atoms with Crippen molar-refractivity contribution in [2.24, 2.45) is 0 Å². The second-order valence-corrected chi connectivity index (χ2v) is 5.01. The first-order valence-corrected chi connectivity index (χ1v) is 6.30. The van der Waals surface area contributed by atoms with Crippen LogP contribution in [0.25, 0.3) is 0 Å². The molecular weight excluding hydrogens is 407 g/mol. The first-order valence-electron chi connectivity index (χ1n) is 6.30. The largest absolute Gasteiger partial charge is 0.481 e. The van der Waals surface area contributed by atoms with Gasteiger partial charge < -0.3 is 35.4 Å². The van der Waals surface area contributed by atoms with Crippen molar-refractivity contribution in [3.05, 3.63) is 0 Å². The maximum absolute atomic E-state index is 11.4. The fraction of sp³-hybridized carbons (Fsp3) is 0.500. The van der Waals surface area contributed by atoms with Crippen molar-refractivity contribution in [2.45, 2.75) is 36.9 Å². The second-order valence-electron chi connectivity index (χ2n) is 5.01. The summed E-state index contributed by atoms with van der Waals surface area (Å²) >= 11 is 0. The Kier molecular flexibility index (Phi) is 9.70. The Labute approximate surface area is 154 Å². The molecule has 0 aliphatic heterocycles. The molecule has 0 aliphatic rings. The van der Waals surface area contributed by atoms with E-state index in [1.807, 2.05) is 0 Å². The maximum Gasteiger partial charge on any atom is 0.336 e. The molecule has 26 heavy (non-hydrogen) atoms. The van der Waals surface area contributed by atoms with Gasteiger partial charge in [0.15, 0.2) is 11.2 Å². The number of aliphatic hydroxyl groups is 2. The SMILES string of the molecule is O=C(O)CC(O)(CC(=O)OC(=O)CC(O)(CC(=O)O)C(=O)O)C(=O)O.[Mn]. The molecule has 0 aromatic carbocycles. The minimum atomic E-state index is -3.09. The minimum absolute atomic E-state index is 0. The molecule has 6 N–H and O–H groups in total. The van der Waals surface area contributed by atoms with Crippen LogP contribution in [0.3, 0.4) is 0 Å². The molecule has 0 aromatic rings. The average molecular weight is 421 g/mol. The van der Waals surface area contributed by atoms with Crippen LogP contribution in [0.1, 0.15) is 25.7 Å². The molecule has 2 atom stereocenters. The van der Waals surface area contributed by atoms with E-state index in [1.165, 1.54) is 0 Å². The zero-order valence-corrected chi connectivity index (χ0v) is 13.9. The van der Waals surface area contributed by atoms with E-state index in [4.69, 9.17) is 20.4 Å². The third-order valence-electron chi connectivity index (χ3n) is 2.78. The smallest absolute Gasteiger partial charge is 0.336 e. The van der Waals surface area contributed by atoms with Gasteiger partial charge in [-0.1, -0.05) is 0 Å². The van der Waals surface area contributed by atoms with E-state index in [0.717, 1.165) is 0 Å². The summed E-state index contributed by atoms with van der Waals surface area (Å²) in [6.07, 6.45) is -5.73. The predicted molar refractivity (Wildman–Crippen MR) is 70.0 cm³/mol. The average Bonchev–Trinajstić information content (AvgIpc) is 2.34. The molecule has 0 fully saturated rings. The minimum Gasteiger partial charge on any atom is -0.481 e. The fourth-order valence-electron chi connectivity index (χ4n) is 1.60. The first kappa shape index (κ1) is 25.7. The molecule has 0 bridgehead atoms. The zero-order chi connectivity index (χ0) is 20.0. The maximum atomic E-state index is 11.4. The van der Waals surface area contributed by atoms with Gasteiger partial charge in [-0.25, -0.2) is 9.59 Å². The summed E-state index contributed by atoms with van der Waals surface area (Å²) in [5, 5.41) is 53.6. The molecule has 0 saturated heterocycles. The van der Waals surface area contributed by atoms with Crippen LogP contribution in [0.4, 0.5) is 0 Å². The van der Waals surface area contributed by atoms with Crippen molar-refractivity contribution in [1.29, 1.82) is 0 Å². The predicted octanol–water partition coefficient (Wildman–Crippen LogP) is -2.59. The molecule has 1 radical (unpaired) electrons. The Hall–Kier alpha value is -2.54. The molecule has 0 saturated carbocycles. The first-order chi connectivity index (χ1) is 11.2. The normalized spacial score (nSPS) is 14.7. The summed E-state index contributed by atoms with van der Waals surface area (Å²) in [5.74, 6) is -11.2. The van der Waals surface area contributed by atoms with E-state index in [2.05, 4.69) is 4.74 Å². The Morgan fingerprint density at radius 2 is 0.885 bits per heavy atom. The molecule has 0 heterocycles. The number of hydrogen-bond acceptors (Lipinski definition) is 9. The Balaban J connectivity index is 0. The van der Waals surface area contributed by atoms with Crippen LogP contribution >= 0.6 is 0 Å². The van der Waals surface area contributed by atoms with Crippen LogP contribution in [0, 0.1) is 0 Å². The Morgan fingerprint density at radius 1 is 0.615 bits per heavy atom. The number of carbonyl (C=O) groups excluding carboxylic acids is 2. The van der Waals surface area contributed by atoms with Crippen molar-refractivity contribution in [1.82, 2.24) is 0 Å². The number of hydrogen-bond donors (Lipinski definition) is 6. The number of aliphatic carboxylic acids is 4. The molecular formula is C12H14MnO13. The standard InChI is InChI=1S/C12H14O13.Mn/c13-5(14)1-11(23,9(19)20)3-7(17)25-8(18)4-12(24,10(21)22)2-6(15)16;/h23-24H,1-4H2,(H,13,14)(H,15,16)(H,19,20)(H,21,22);. The van der Waals surface area contributed by atoms with Gasteiger partial charge in [0.1, 0.15) is 0 Å². The monoisotopic (exact) mass is 421 g/mol. The number of carboxylic acids is 4. The van der Waals surface area contributed by atoms with Crippen LogP contribution in [0.2, 0.25) is 0 Å². The summed E-state index contributed by atoms with van der Waals surface area (Å²) in [7, 11) is 0. The summed E-state index contributed by atoms with van der Waals surface area (Å²) in [4.78, 5) is 65.5. The van der Waals surface area contributed by atoms with E-state index in [-0.39, 0.29) is 17.1 Å². The van der Waals surface area contributed by atoms with E-state index >= 15 is 0 Å². The van der Waals surface area contributed by atoms with E-state index in [9.17, 15) is 39.0 Å². The van der Waals surface area contributed by atoms with Gasteiger partial charge in [-0.05, 0) is 0 Å². The quantitative estimate of drug-likeness (QED) is 0.121. The molecule has 0 aromatic heterocycles. The topological polar surface area (TPSA) is 233 Å². The van der Waals surface area contributed by atoms with E-state index in [0.29, 0.717) is 0 Å². The van der Waals surface area contributed by atoms with Crippen molar-refractivity contribution in [3.63, 3.8) is 0 Å². The summed E-state index contributed by atoms with van der Waals surface area (Å²) in [5.41, 5.74) is -6.18. The van der Waals surface area contributed by atoms with Gasteiger partial charge in [0.25, 0.3) is 0 Å². The molecule has 13 nitrogen and oxygen atoms in total. The van der Waals surface area contributed by atoms with E-state index < -0.39 is 72.7 Å². The van der Waals surface area contributed by atoms with Crippen molar-refractivity contribution < 1.29 is 81.2 Å². The molecule has 147 valence electrons. The van der Waals surface area contributed by atoms with Crippen LogP contribution in [0.5, 0.6) is 0 Å².